The molecule has 1 atom stereocenters. The van der Waals surface area contributed by atoms with Crippen LogP contribution in [0.5, 0.6) is 0 Å². The van der Waals surface area contributed by atoms with Crippen molar-refractivity contribution < 1.29 is 9.53 Å². The van der Waals surface area contributed by atoms with Crippen molar-refractivity contribution in [2.24, 2.45) is 5.18 Å². The SMILES string of the molecule is O=Nc1nc(-c2ccccn2)nc2c(C(=O)N3CCO[C@H](c4ccccc4)C3)csc12. The molecule has 3 aromatic heterocycles. The van der Waals surface area contributed by atoms with E-state index >= 15 is 0 Å². The van der Waals surface area contributed by atoms with Gasteiger partial charge in [0.25, 0.3) is 5.91 Å². The molecule has 31 heavy (non-hydrogen) atoms. The number of carbonyl (C=O) groups excluding carboxylic acids is 1. The lowest BCUT2D eigenvalue weighted by Crippen LogP contribution is -2.42. The number of carbonyl (C=O) groups is 1. The highest BCUT2D eigenvalue weighted by atomic mass is 32.1. The summed E-state index contributed by atoms with van der Waals surface area (Å²) < 4.78 is 6.37. The lowest BCUT2D eigenvalue weighted by Gasteiger charge is -2.33. The van der Waals surface area contributed by atoms with Gasteiger partial charge in [-0.15, -0.1) is 16.2 Å². The number of morpholine rings is 1. The number of nitroso groups, excluding NO2 is 1. The van der Waals surface area contributed by atoms with Gasteiger partial charge in [-0.25, -0.2) is 9.97 Å². The number of pyridine rings is 1. The number of nitrogens with zero attached hydrogens (tertiary/aromatic N) is 5. The molecule has 0 radical (unpaired) electrons. The average molecular weight is 431 g/mol. The molecule has 0 unspecified atom stereocenters. The summed E-state index contributed by atoms with van der Waals surface area (Å²) in [7, 11) is 0. The van der Waals surface area contributed by atoms with Gasteiger partial charge in [0.1, 0.15) is 22.0 Å². The molecular weight excluding hydrogens is 414 g/mol. The van der Waals surface area contributed by atoms with Gasteiger partial charge in [0.15, 0.2) is 5.82 Å². The maximum Gasteiger partial charge on any atom is 0.257 e. The fraction of sp³-hybridized carbons (Fsp3) is 0.182. The van der Waals surface area contributed by atoms with E-state index in [-0.39, 0.29) is 23.7 Å². The first kappa shape index (κ1) is 19.4. The van der Waals surface area contributed by atoms with Crippen LogP contribution >= 0.6 is 11.3 Å². The summed E-state index contributed by atoms with van der Waals surface area (Å²) in [6.07, 6.45) is 1.43. The lowest BCUT2D eigenvalue weighted by molar-refractivity contribution is -0.0227. The van der Waals surface area contributed by atoms with Crippen molar-refractivity contribution in [3.05, 3.63) is 76.1 Å². The standard InChI is InChI=1S/C22H17N5O3S/c28-22(27-10-11-30-17(12-27)14-6-2-1-3-7-14)15-13-31-19-18(15)24-20(25-21(19)26-29)16-8-4-5-9-23-16/h1-9,13,17H,10-12H2/t17-/m0/s1. The number of amides is 1. The predicted molar refractivity (Wildman–Crippen MR) is 117 cm³/mol. The van der Waals surface area contributed by atoms with Gasteiger partial charge in [-0.05, 0) is 22.9 Å². The molecule has 9 heteroatoms. The van der Waals surface area contributed by atoms with Crippen molar-refractivity contribution in [2.45, 2.75) is 6.10 Å². The number of thiophene rings is 1. The van der Waals surface area contributed by atoms with Crippen molar-refractivity contribution in [2.75, 3.05) is 19.7 Å². The first-order valence-electron chi connectivity index (χ1n) is 9.74. The third-order valence-corrected chi connectivity index (χ3v) is 6.10. The van der Waals surface area contributed by atoms with Crippen molar-refractivity contribution in [1.82, 2.24) is 19.9 Å². The Morgan fingerprint density at radius 1 is 1.13 bits per heavy atom. The molecule has 154 valence electrons. The number of benzene rings is 1. The largest absolute Gasteiger partial charge is 0.370 e. The smallest absolute Gasteiger partial charge is 0.257 e. The van der Waals surface area contributed by atoms with Crippen LogP contribution in [0.3, 0.4) is 0 Å². The van der Waals surface area contributed by atoms with Crippen LogP contribution in [0.25, 0.3) is 21.7 Å². The van der Waals surface area contributed by atoms with Gasteiger partial charge >= 0.3 is 0 Å². The minimum Gasteiger partial charge on any atom is -0.370 e. The quantitative estimate of drug-likeness (QED) is 0.445. The Labute approximate surface area is 181 Å². The number of fused-ring (bicyclic) bond motifs is 1. The number of hydrogen-bond donors (Lipinski definition) is 0. The van der Waals surface area contributed by atoms with Gasteiger partial charge in [0.05, 0.1) is 18.7 Å². The van der Waals surface area contributed by atoms with Crippen molar-refractivity contribution in [3.63, 3.8) is 0 Å². The molecule has 8 nitrogen and oxygen atoms in total. The van der Waals surface area contributed by atoms with E-state index in [9.17, 15) is 9.70 Å². The Morgan fingerprint density at radius 2 is 1.97 bits per heavy atom. The summed E-state index contributed by atoms with van der Waals surface area (Å²) in [5.74, 6) is 0.121. The van der Waals surface area contributed by atoms with Crippen molar-refractivity contribution in [1.29, 1.82) is 0 Å². The monoisotopic (exact) mass is 431 g/mol. The van der Waals surface area contributed by atoms with Crippen LogP contribution in [0.4, 0.5) is 5.82 Å². The van der Waals surface area contributed by atoms with E-state index in [1.54, 1.807) is 34.7 Å². The summed E-state index contributed by atoms with van der Waals surface area (Å²) in [6, 6.07) is 15.2. The Kier molecular flexibility index (Phi) is 5.19. The van der Waals surface area contributed by atoms with E-state index in [4.69, 9.17) is 4.74 Å². The molecule has 0 bridgehead atoms. The van der Waals surface area contributed by atoms with Crippen LogP contribution in [-0.4, -0.2) is 45.5 Å². The highest BCUT2D eigenvalue weighted by Gasteiger charge is 2.29. The van der Waals surface area contributed by atoms with Crippen molar-refractivity contribution >= 4 is 33.3 Å². The number of ether oxygens (including phenoxy) is 1. The molecule has 0 spiro atoms. The van der Waals surface area contributed by atoms with Gasteiger partial charge in [-0.2, -0.15) is 0 Å². The molecule has 5 rings (SSSR count). The maximum atomic E-state index is 13.4. The van der Waals surface area contributed by atoms with E-state index in [1.807, 2.05) is 30.3 Å². The molecule has 1 aliphatic rings. The second kappa shape index (κ2) is 8.29. The molecule has 1 aliphatic heterocycles. The third kappa shape index (κ3) is 3.69. The molecule has 0 saturated carbocycles. The molecule has 0 N–H and O–H groups in total. The maximum absolute atomic E-state index is 13.4. The van der Waals surface area contributed by atoms with Gasteiger partial charge in [-0.1, -0.05) is 36.4 Å². The Morgan fingerprint density at radius 3 is 2.74 bits per heavy atom. The fourth-order valence-corrected chi connectivity index (χ4v) is 4.50. The van der Waals surface area contributed by atoms with Crippen LogP contribution in [0, 0.1) is 4.91 Å². The second-order valence-electron chi connectivity index (χ2n) is 7.03. The molecule has 1 fully saturated rings. The molecule has 4 heterocycles. The minimum absolute atomic E-state index is 0.0128. The van der Waals surface area contributed by atoms with Crippen LogP contribution in [-0.2, 0) is 4.74 Å². The molecule has 1 aromatic carbocycles. The number of rotatable bonds is 4. The van der Waals surface area contributed by atoms with Gasteiger partial charge < -0.3 is 9.64 Å². The molecule has 1 amide bonds. The average Bonchev–Trinajstić information content (AvgIpc) is 3.28. The zero-order chi connectivity index (χ0) is 21.2. The fourth-order valence-electron chi connectivity index (χ4n) is 3.60. The van der Waals surface area contributed by atoms with E-state index in [2.05, 4.69) is 20.1 Å². The summed E-state index contributed by atoms with van der Waals surface area (Å²) >= 11 is 1.24. The van der Waals surface area contributed by atoms with Crippen LogP contribution < -0.4 is 0 Å². The normalized spacial score (nSPS) is 16.4. The molecule has 0 aliphatic carbocycles. The third-order valence-electron chi connectivity index (χ3n) is 5.13. The van der Waals surface area contributed by atoms with Gasteiger partial charge in [-0.3, -0.25) is 9.78 Å². The van der Waals surface area contributed by atoms with Gasteiger partial charge in [0.2, 0.25) is 5.82 Å². The molecule has 1 saturated heterocycles. The minimum atomic E-state index is -0.185. The van der Waals surface area contributed by atoms with Crippen LogP contribution in [0.15, 0.2) is 65.3 Å². The Balaban J connectivity index is 1.51. The topological polar surface area (TPSA) is 97.6 Å². The first-order chi connectivity index (χ1) is 15.2. The van der Waals surface area contributed by atoms with Gasteiger partial charge in [0, 0.05) is 18.1 Å². The zero-order valence-corrected chi connectivity index (χ0v) is 17.2. The highest BCUT2D eigenvalue weighted by Crippen LogP contribution is 2.34. The predicted octanol–water partition coefficient (Wildman–Crippen LogP) is 4.36. The summed E-state index contributed by atoms with van der Waals surface area (Å²) in [5.41, 5.74) is 2.39. The van der Waals surface area contributed by atoms with Crippen LogP contribution in [0.2, 0.25) is 0 Å². The zero-order valence-electron chi connectivity index (χ0n) is 16.3. The molecular formula is C22H17N5O3S. The van der Waals surface area contributed by atoms with E-state index in [1.165, 1.54) is 11.3 Å². The number of hydrogen-bond acceptors (Lipinski definition) is 8. The van der Waals surface area contributed by atoms with Crippen molar-refractivity contribution in [3.8, 4) is 11.5 Å². The lowest BCUT2D eigenvalue weighted by atomic mass is 10.1. The van der Waals surface area contributed by atoms with E-state index in [0.717, 1.165) is 5.56 Å². The molecule has 4 aromatic rings. The summed E-state index contributed by atoms with van der Waals surface area (Å²) in [4.78, 5) is 39.6. The van der Waals surface area contributed by atoms with E-state index in [0.29, 0.717) is 41.2 Å². The van der Waals surface area contributed by atoms with E-state index < -0.39 is 0 Å². The summed E-state index contributed by atoms with van der Waals surface area (Å²) in [5, 5.41) is 4.77. The number of aromatic nitrogens is 3. The highest BCUT2D eigenvalue weighted by molar-refractivity contribution is 7.18. The summed E-state index contributed by atoms with van der Waals surface area (Å²) in [6.45, 7) is 1.37. The van der Waals surface area contributed by atoms with Crippen LogP contribution in [0.1, 0.15) is 22.0 Å². The Hall–Kier alpha value is -3.56. The second-order valence-corrected chi connectivity index (χ2v) is 7.91. The first-order valence-corrected chi connectivity index (χ1v) is 10.6. The Bertz CT molecular complexity index is 1250.